The molecule has 0 N–H and O–H groups in total. The lowest BCUT2D eigenvalue weighted by molar-refractivity contribution is -0.138. The summed E-state index contributed by atoms with van der Waals surface area (Å²) in [6.45, 7) is 6.96. The molecule has 1 fully saturated rings. The molecular formula is C26H34F3N5. The fourth-order valence-electron chi connectivity index (χ4n) is 4.30. The fourth-order valence-corrected chi connectivity index (χ4v) is 4.30. The average molecular weight is 474 g/mol. The van der Waals surface area contributed by atoms with Crippen molar-refractivity contribution in [2.24, 2.45) is 0 Å². The molecule has 2 aromatic carbocycles. The normalized spacial score (nSPS) is 16.4. The van der Waals surface area contributed by atoms with E-state index in [1.807, 2.05) is 50.3 Å². The molecule has 0 saturated carbocycles. The van der Waals surface area contributed by atoms with Crippen LogP contribution in [0.15, 0.2) is 42.5 Å². The summed E-state index contributed by atoms with van der Waals surface area (Å²) >= 11 is 0. The molecule has 8 heteroatoms. The quantitative estimate of drug-likeness (QED) is 0.566. The van der Waals surface area contributed by atoms with Crippen LogP contribution in [0.4, 0.5) is 18.9 Å². The van der Waals surface area contributed by atoms with Gasteiger partial charge in [-0.2, -0.15) is 18.4 Å². The molecule has 184 valence electrons. The van der Waals surface area contributed by atoms with Crippen molar-refractivity contribution in [1.82, 2.24) is 14.7 Å². The van der Waals surface area contributed by atoms with Gasteiger partial charge in [-0.1, -0.05) is 12.1 Å². The van der Waals surface area contributed by atoms with E-state index in [2.05, 4.69) is 27.7 Å². The SMILES string of the molecule is CC(c1ccc(C#N)cc1)N1CCN(Cc2cc(N(C)CCN(C)C)ccc2C(F)(F)F)CC1. The van der Waals surface area contributed by atoms with Crippen LogP contribution in [0.25, 0.3) is 0 Å². The molecule has 1 aliphatic rings. The lowest BCUT2D eigenvalue weighted by atomic mass is 10.0. The zero-order valence-electron chi connectivity index (χ0n) is 20.4. The number of hydrogen-bond acceptors (Lipinski definition) is 5. The fraction of sp³-hybridized carbons (Fsp3) is 0.500. The molecule has 2 aromatic rings. The minimum atomic E-state index is -4.37. The predicted octanol–water partition coefficient (Wildman–Crippen LogP) is 4.45. The molecule has 0 amide bonds. The van der Waals surface area contributed by atoms with Gasteiger partial charge in [0.05, 0.1) is 17.2 Å². The van der Waals surface area contributed by atoms with E-state index in [0.717, 1.165) is 37.4 Å². The maximum atomic E-state index is 13.7. The van der Waals surface area contributed by atoms with Crippen LogP contribution in [-0.2, 0) is 12.7 Å². The van der Waals surface area contributed by atoms with Crippen LogP contribution in [0.5, 0.6) is 0 Å². The summed E-state index contributed by atoms with van der Waals surface area (Å²) in [5.41, 5.74) is 2.36. The Balaban J connectivity index is 1.67. The van der Waals surface area contributed by atoms with Crippen molar-refractivity contribution < 1.29 is 13.2 Å². The monoisotopic (exact) mass is 473 g/mol. The summed E-state index contributed by atoms with van der Waals surface area (Å²) in [4.78, 5) is 8.50. The second kappa shape index (κ2) is 11.2. The number of hydrogen-bond donors (Lipinski definition) is 0. The van der Waals surface area contributed by atoms with E-state index in [9.17, 15) is 13.2 Å². The number of nitriles is 1. The van der Waals surface area contributed by atoms with E-state index < -0.39 is 11.7 Å². The van der Waals surface area contributed by atoms with E-state index in [1.165, 1.54) is 6.07 Å². The Morgan fingerprint density at radius 2 is 1.62 bits per heavy atom. The molecule has 0 aliphatic carbocycles. The summed E-state index contributed by atoms with van der Waals surface area (Å²) in [6.07, 6.45) is -4.37. The van der Waals surface area contributed by atoms with Gasteiger partial charge in [0, 0.05) is 64.6 Å². The summed E-state index contributed by atoms with van der Waals surface area (Å²) in [5, 5.41) is 8.99. The topological polar surface area (TPSA) is 36.8 Å². The van der Waals surface area contributed by atoms with E-state index in [-0.39, 0.29) is 12.6 Å². The van der Waals surface area contributed by atoms with Gasteiger partial charge in [0.25, 0.3) is 0 Å². The van der Waals surface area contributed by atoms with Gasteiger partial charge in [-0.3, -0.25) is 9.80 Å². The first-order chi connectivity index (χ1) is 16.1. The number of anilines is 1. The van der Waals surface area contributed by atoms with E-state index >= 15 is 0 Å². The van der Waals surface area contributed by atoms with Gasteiger partial charge in [-0.25, -0.2) is 0 Å². The Morgan fingerprint density at radius 3 is 2.18 bits per heavy atom. The molecule has 0 aromatic heterocycles. The van der Waals surface area contributed by atoms with Gasteiger partial charge < -0.3 is 9.80 Å². The maximum absolute atomic E-state index is 13.7. The highest BCUT2D eigenvalue weighted by Gasteiger charge is 2.34. The third kappa shape index (κ3) is 6.72. The Hall–Kier alpha value is -2.60. The minimum Gasteiger partial charge on any atom is -0.373 e. The number of halogens is 3. The molecule has 5 nitrogen and oxygen atoms in total. The molecule has 0 bridgehead atoms. The molecular weight excluding hydrogens is 439 g/mol. The molecule has 3 rings (SSSR count). The maximum Gasteiger partial charge on any atom is 0.416 e. The van der Waals surface area contributed by atoms with E-state index in [4.69, 9.17) is 5.26 Å². The summed E-state index contributed by atoms with van der Waals surface area (Å²) in [7, 11) is 5.88. The third-order valence-electron chi connectivity index (χ3n) is 6.59. The first-order valence-corrected chi connectivity index (χ1v) is 11.6. The number of nitrogens with zero attached hydrogens (tertiary/aromatic N) is 5. The van der Waals surface area contributed by atoms with Gasteiger partial charge in [0.15, 0.2) is 0 Å². The lowest BCUT2D eigenvalue weighted by Crippen LogP contribution is -2.46. The Labute approximate surface area is 201 Å². The Bertz CT molecular complexity index is 973. The minimum absolute atomic E-state index is 0.189. The van der Waals surface area contributed by atoms with Crippen molar-refractivity contribution in [3.63, 3.8) is 0 Å². The highest BCUT2D eigenvalue weighted by molar-refractivity contribution is 5.51. The zero-order valence-corrected chi connectivity index (χ0v) is 20.4. The predicted molar refractivity (Wildman–Crippen MR) is 130 cm³/mol. The van der Waals surface area contributed by atoms with Crippen LogP contribution in [0.1, 0.15) is 35.2 Å². The number of piperazine rings is 1. The lowest BCUT2D eigenvalue weighted by Gasteiger charge is -2.38. The van der Waals surface area contributed by atoms with Crippen LogP contribution in [0.3, 0.4) is 0 Å². The highest BCUT2D eigenvalue weighted by Crippen LogP contribution is 2.35. The first-order valence-electron chi connectivity index (χ1n) is 11.6. The van der Waals surface area contributed by atoms with Crippen molar-refractivity contribution in [3.8, 4) is 6.07 Å². The Kier molecular flexibility index (Phi) is 8.58. The highest BCUT2D eigenvalue weighted by atomic mass is 19.4. The molecule has 0 spiro atoms. The molecule has 0 radical (unpaired) electrons. The number of rotatable bonds is 8. The van der Waals surface area contributed by atoms with Crippen molar-refractivity contribution in [2.75, 3.05) is 65.3 Å². The van der Waals surface area contributed by atoms with Crippen LogP contribution in [0.2, 0.25) is 0 Å². The standard InChI is InChI=1S/C26H34F3N5/c1-20(22-7-5-21(18-30)6-8-22)34-15-13-33(14-16-34)19-23-17-24(32(4)12-11-31(2)3)9-10-25(23)26(27,28)29/h5-10,17,20H,11-16,19H2,1-4H3. The largest absolute Gasteiger partial charge is 0.416 e. The van der Waals surface area contributed by atoms with Gasteiger partial charge in [0.1, 0.15) is 0 Å². The Morgan fingerprint density at radius 1 is 0.971 bits per heavy atom. The summed E-state index contributed by atoms with van der Waals surface area (Å²) < 4.78 is 41.2. The van der Waals surface area contributed by atoms with Crippen molar-refractivity contribution in [3.05, 3.63) is 64.7 Å². The van der Waals surface area contributed by atoms with Crippen LogP contribution >= 0.6 is 0 Å². The molecule has 34 heavy (non-hydrogen) atoms. The zero-order chi connectivity index (χ0) is 24.9. The van der Waals surface area contributed by atoms with Gasteiger partial charge in [-0.05, 0) is 62.5 Å². The number of benzene rings is 2. The van der Waals surface area contributed by atoms with Crippen molar-refractivity contribution in [1.29, 1.82) is 5.26 Å². The average Bonchev–Trinajstić information content (AvgIpc) is 2.82. The van der Waals surface area contributed by atoms with Gasteiger partial charge in [-0.15, -0.1) is 0 Å². The summed E-state index contributed by atoms with van der Waals surface area (Å²) in [6, 6.07) is 14.4. The van der Waals surface area contributed by atoms with Crippen LogP contribution in [-0.4, -0.2) is 75.1 Å². The third-order valence-corrected chi connectivity index (χ3v) is 6.59. The molecule has 1 atom stereocenters. The van der Waals surface area contributed by atoms with Gasteiger partial charge >= 0.3 is 6.18 Å². The molecule has 1 heterocycles. The smallest absolute Gasteiger partial charge is 0.373 e. The van der Waals surface area contributed by atoms with E-state index in [0.29, 0.717) is 24.2 Å². The van der Waals surface area contributed by atoms with Crippen molar-refractivity contribution in [2.45, 2.75) is 25.7 Å². The molecule has 1 unspecified atom stereocenters. The molecule has 1 saturated heterocycles. The van der Waals surface area contributed by atoms with Crippen molar-refractivity contribution >= 4 is 5.69 Å². The summed E-state index contributed by atoms with van der Waals surface area (Å²) in [5.74, 6) is 0. The van der Waals surface area contributed by atoms with E-state index in [1.54, 1.807) is 12.1 Å². The second-order valence-corrected chi connectivity index (χ2v) is 9.29. The van der Waals surface area contributed by atoms with Crippen LogP contribution in [0, 0.1) is 11.3 Å². The number of likely N-dealkylation sites (N-methyl/N-ethyl adjacent to an activating group) is 2. The number of alkyl halides is 3. The first kappa shape index (κ1) is 26.0. The van der Waals surface area contributed by atoms with Crippen LogP contribution < -0.4 is 4.90 Å². The van der Waals surface area contributed by atoms with Gasteiger partial charge in [0.2, 0.25) is 0 Å². The molecule has 1 aliphatic heterocycles. The second-order valence-electron chi connectivity index (χ2n) is 9.29.